The third-order valence-electron chi connectivity index (χ3n) is 4.66. The van der Waals surface area contributed by atoms with Crippen LogP contribution in [0.15, 0.2) is 36.4 Å². The first kappa shape index (κ1) is 13.6. The van der Waals surface area contributed by atoms with Crippen LogP contribution in [-0.4, -0.2) is 12.7 Å². The quantitative estimate of drug-likeness (QED) is 0.915. The highest BCUT2D eigenvalue weighted by Crippen LogP contribution is 2.36. The SMILES string of the molecule is CCC1OCCC1C(N)c1ccc(C)c2ccccc12. The van der Waals surface area contributed by atoms with E-state index in [1.54, 1.807) is 0 Å². The van der Waals surface area contributed by atoms with Crippen molar-refractivity contribution in [2.45, 2.75) is 38.8 Å². The molecule has 2 N–H and O–H groups in total. The molecule has 0 aromatic heterocycles. The van der Waals surface area contributed by atoms with Crippen molar-refractivity contribution in [2.75, 3.05) is 6.61 Å². The third kappa shape index (κ3) is 2.23. The van der Waals surface area contributed by atoms with Gasteiger partial charge in [-0.3, -0.25) is 0 Å². The highest BCUT2D eigenvalue weighted by molar-refractivity contribution is 5.88. The van der Waals surface area contributed by atoms with Crippen molar-refractivity contribution in [3.05, 3.63) is 47.5 Å². The first-order chi connectivity index (χ1) is 9.72. The predicted molar refractivity (Wildman–Crippen MR) is 83.8 cm³/mol. The molecule has 0 amide bonds. The summed E-state index contributed by atoms with van der Waals surface area (Å²) in [6.07, 6.45) is 2.43. The minimum atomic E-state index is 0.0629. The van der Waals surface area contributed by atoms with Crippen molar-refractivity contribution in [1.82, 2.24) is 0 Å². The van der Waals surface area contributed by atoms with Crippen LogP contribution in [-0.2, 0) is 4.74 Å². The molecule has 1 fully saturated rings. The first-order valence-electron chi connectivity index (χ1n) is 7.57. The van der Waals surface area contributed by atoms with Crippen LogP contribution in [0, 0.1) is 12.8 Å². The number of ether oxygens (including phenoxy) is 1. The maximum absolute atomic E-state index is 6.60. The zero-order valence-electron chi connectivity index (χ0n) is 12.3. The fraction of sp³-hybridized carbons (Fsp3) is 0.444. The van der Waals surface area contributed by atoms with E-state index in [0.717, 1.165) is 19.4 Å². The van der Waals surface area contributed by atoms with E-state index in [0.29, 0.717) is 12.0 Å². The van der Waals surface area contributed by atoms with Gasteiger partial charge in [0.05, 0.1) is 6.10 Å². The highest BCUT2D eigenvalue weighted by atomic mass is 16.5. The van der Waals surface area contributed by atoms with Gasteiger partial charge in [0, 0.05) is 18.6 Å². The zero-order valence-corrected chi connectivity index (χ0v) is 12.3. The lowest BCUT2D eigenvalue weighted by Crippen LogP contribution is -2.28. The van der Waals surface area contributed by atoms with Gasteiger partial charge in [0.1, 0.15) is 0 Å². The Morgan fingerprint density at radius 2 is 1.95 bits per heavy atom. The molecule has 2 aromatic rings. The van der Waals surface area contributed by atoms with E-state index in [1.807, 2.05) is 0 Å². The number of nitrogens with two attached hydrogens (primary N) is 1. The molecule has 0 saturated carbocycles. The second kappa shape index (κ2) is 5.55. The Kier molecular flexibility index (Phi) is 3.77. The normalized spacial score (nSPS) is 24.1. The Bertz CT molecular complexity index is 607. The van der Waals surface area contributed by atoms with Gasteiger partial charge in [0.15, 0.2) is 0 Å². The van der Waals surface area contributed by atoms with Gasteiger partial charge in [-0.2, -0.15) is 0 Å². The van der Waals surface area contributed by atoms with Gasteiger partial charge in [0.25, 0.3) is 0 Å². The first-order valence-corrected chi connectivity index (χ1v) is 7.57. The topological polar surface area (TPSA) is 35.2 Å². The van der Waals surface area contributed by atoms with Crippen LogP contribution in [0.4, 0.5) is 0 Å². The number of hydrogen-bond acceptors (Lipinski definition) is 2. The molecule has 1 aliphatic rings. The summed E-state index contributed by atoms with van der Waals surface area (Å²) in [7, 11) is 0. The molecular weight excluding hydrogens is 246 g/mol. The maximum Gasteiger partial charge on any atom is 0.0619 e. The lowest BCUT2D eigenvalue weighted by molar-refractivity contribution is 0.0814. The fourth-order valence-electron chi connectivity index (χ4n) is 3.49. The average Bonchev–Trinajstić information content (AvgIpc) is 2.96. The fourth-order valence-corrected chi connectivity index (χ4v) is 3.49. The van der Waals surface area contributed by atoms with E-state index < -0.39 is 0 Å². The van der Waals surface area contributed by atoms with Crippen molar-refractivity contribution < 1.29 is 4.74 Å². The number of hydrogen-bond donors (Lipinski definition) is 1. The summed E-state index contributed by atoms with van der Waals surface area (Å²) in [5.41, 5.74) is 9.18. The van der Waals surface area contributed by atoms with Crippen molar-refractivity contribution in [3.8, 4) is 0 Å². The minimum absolute atomic E-state index is 0.0629. The van der Waals surface area contributed by atoms with Crippen molar-refractivity contribution >= 4 is 10.8 Å². The lowest BCUT2D eigenvalue weighted by Gasteiger charge is -2.25. The zero-order chi connectivity index (χ0) is 14.1. The van der Waals surface area contributed by atoms with Crippen LogP contribution in [0.3, 0.4) is 0 Å². The van der Waals surface area contributed by atoms with E-state index in [-0.39, 0.29) is 6.04 Å². The number of aryl methyl sites for hydroxylation is 1. The number of fused-ring (bicyclic) bond motifs is 1. The largest absolute Gasteiger partial charge is 0.378 e. The van der Waals surface area contributed by atoms with Crippen LogP contribution in [0.1, 0.15) is 36.9 Å². The van der Waals surface area contributed by atoms with Gasteiger partial charge in [-0.25, -0.2) is 0 Å². The van der Waals surface area contributed by atoms with Crippen LogP contribution in [0.25, 0.3) is 10.8 Å². The lowest BCUT2D eigenvalue weighted by atomic mass is 9.84. The Hall–Kier alpha value is -1.38. The monoisotopic (exact) mass is 269 g/mol. The van der Waals surface area contributed by atoms with Crippen molar-refractivity contribution in [3.63, 3.8) is 0 Å². The summed E-state index contributed by atoms with van der Waals surface area (Å²) in [6.45, 7) is 5.19. The average molecular weight is 269 g/mol. The van der Waals surface area contributed by atoms with Crippen molar-refractivity contribution in [1.29, 1.82) is 0 Å². The molecule has 1 heterocycles. The molecule has 0 aliphatic carbocycles. The van der Waals surface area contributed by atoms with E-state index in [9.17, 15) is 0 Å². The summed E-state index contributed by atoms with van der Waals surface area (Å²) >= 11 is 0. The maximum atomic E-state index is 6.60. The van der Waals surface area contributed by atoms with Gasteiger partial charge in [-0.05, 0) is 41.7 Å². The van der Waals surface area contributed by atoms with Gasteiger partial charge in [0.2, 0.25) is 0 Å². The Labute approximate surface area is 120 Å². The predicted octanol–water partition coefficient (Wildman–Crippen LogP) is 3.96. The standard InChI is InChI=1S/C18H23NO/c1-3-17-16(10-11-20-17)18(19)15-9-8-12(2)13-6-4-5-7-14(13)15/h4-9,16-18H,3,10-11,19H2,1-2H3. The van der Waals surface area contributed by atoms with E-state index in [1.165, 1.54) is 21.9 Å². The molecule has 2 aromatic carbocycles. The summed E-state index contributed by atoms with van der Waals surface area (Å²) in [5, 5.41) is 2.61. The van der Waals surface area contributed by atoms with Crippen LogP contribution in [0.5, 0.6) is 0 Å². The molecule has 3 atom stereocenters. The summed E-state index contributed by atoms with van der Waals surface area (Å²) in [5.74, 6) is 0.436. The molecule has 1 saturated heterocycles. The van der Waals surface area contributed by atoms with Gasteiger partial charge < -0.3 is 10.5 Å². The summed E-state index contributed by atoms with van der Waals surface area (Å²) in [6, 6.07) is 13.0. The molecule has 2 heteroatoms. The number of benzene rings is 2. The van der Waals surface area contributed by atoms with E-state index in [4.69, 9.17) is 10.5 Å². The van der Waals surface area contributed by atoms with Crippen LogP contribution in [0.2, 0.25) is 0 Å². The summed E-state index contributed by atoms with van der Waals surface area (Å²) in [4.78, 5) is 0. The second-order valence-electron chi connectivity index (χ2n) is 5.81. The summed E-state index contributed by atoms with van der Waals surface area (Å²) < 4.78 is 5.81. The molecule has 3 rings (SSSR count). The van der Waals surface area contributed by atoms with Crippen LogP contribution >= 0.6 is 0 Å². The molecule has 2 nitrogen and oxygen atoms in total. The molecular formula is C18H23NO. The molecule has 1 aliphatic heterocycles. The molecule has 0 radical (unpaired) electrons. The molecule has 0 spiro atoms. The Morgan fingerprint density at radius 1 is 1.20 bits per heavy atom. The molecule has 20 heavy (non-hydrogen) atoms. The molecule has 0 bridgehead atoms. The third-order valence-corrected chi connectivity index (χ3v) is 4.66. The van der Waals surface area contributed by atoms with Crippen molar-refractivity contribution in [2.24, 2.45) is 11.7 Å². The minimum Gasteiger partial charge on any atom is -0.378 e. The van der Waals surface area contributed by atoms with E-state index >= 15 is 0 Å². The number of rotatable bonds is 3. The highest BCUT2D eigenvalue weighted by Gasteiger charge is 2.33. The molecule has 3 unspecified atom stereocenters. The van der Waals surface area contributed by atoms with Crippen LogP contribution < -0.4 is 5.73 Å². The smallest absolute Gasteiger partial charge is 0.0619 e. The van der Waals surface area contributed by atoms with E-state index in [2.05, 4.69) is 50.2 Å². The molecule has 106 valence electrons. The van der Waals surface area contributed by atoms with Gasteiger partial charge in [-0.1, -0.05) is 43.3 Å². The second-order valence-corrected chi connectivity index (χ2v) is 5.81. The Balaban J connectivity index is 2.04. The Morgan fingerprint density at radius 3 is 2.70 bits per heavy atom. The van der Waals surface area contributed by atoms with Gasteiger partial charge >= 0.3 is 0 Å². The van der Waals surface area contributed by atoms with Gasteiger partial charge in [-0.15, -0.1) is 0 Å².